The minimum absolute atomic E-state index is 0.436. The van der Waals surface area contributed by atoms with Crippen LogP contribution in [-0.4, -0.2) is 25.3 Å². The molecule has 1 aliphatic carbocycles. The van der Waals surface area contributed by atoms with E-state index in [4.69, 9.17) is 4.74 Å². The molecule has 2 N–H and O–H groups in total. The lowest BCUT2D eigenvalue weighted by Gasteiger charge is -2.23. The largest absolute Gasteiger partial charge is 0.507 e. The summed E-state index contributed by atoms with van der Waals surface area (Å²) in [5, 5.41) is 13.9. The van der Waals surface area contributed by atoms with Gasteiger partial charge in [-0.2, -0.15) is 0 Å². The molecular weight excluding hydrogens is 226 g/mol. The SMILES string of the molecule is COc1cc(C2CCNC2)c(O)c2c1CCCC2. The van der Waals surface area contributed by atoms with Gasteiger partial charge in [0.15, 0.2) is 0 Å². The number of hydrogen-bond donors (Lipinski definition) is 2. The maximum absolute atomic E-state index is 10.5. The van der Waals surface area contributed by atoms with E-state index in [0.29, 0.717) is 11.7 Å². The van der Waals surface area contributed by atoms with Gasteiger partial charge in [-0.1, -0.05) is 0 Å². The van der Waals surface area contributed by atoms with Crippen molar-refractivity contribution in [3.8, 4) is 11.5 Å². The highest BCUT2D eigenvalue weighted by atomic mass is 16.5. The Labute approximate surface area is 108 Å². The molecule has 1 heterocycles. The molecule has 2 aliphatic rings. The van der Waals surface area contributed by atoms with Crippen LogP contribution >= 0.6 is 0 Å². The van der Waals surface area contributed by atoms with E-state index in [-0.39, 0.29) is 0 Å². The summed E-state index contributed by atoms with van der Waals surface area (Å²) in [6, 6.07) is 2.07. The molecule has 0 radical (unpaired) electrons. The van der Waals surface area contributed by atoms with Gasteiger partial charge in [0.05, 0.1) is 7.11 Å². The van der Waals surface area contributed by atoms with Crippen molar-refractivity contribution in [3.63, 3.8) is 0 Å². The predicted molar refractivity (Wildman–Crippen MR) is 71.5 cm³/mol. The summed E-state index contributed by atoms with van der Waals surface area (Å²) in [5.41, 5.74) is 3.45. The van der Waals surface area contributed by atoms with Crippen LogP contribution in [0.3, 0.4) is 0 Å². The number of hydrogen-bond acceptors (Lipinski definition) is 3. The van der Waals surface area contributed by atoms with Crippen molar-refractivity contribution in [2.24, 2.45) is 0 Å². The maximum atomic E-state index is 10.5. The number of aromatic hydroxyl groups is 1. The van der Waals surface area contributed by atoms with Gasteiger partial charge < -0.3 is 15.2 Å². The highest BCUT2D eigenvalue weighted by Gasteiger charge is 2.26. The second-order valence-electron chi connectivity index (χ2n) is 5.37. The Kier molecular flexibility index (Phi) is 3.16. The zero-order valence-corrected chi connectivity index (χ0v) is 11.0. The molecule has 0 saturated carbocycles. The molecule has 98 valence electrons. The molecule has 0 aromatic heterocycles. The van der Waals surface area contributed by atoms with E-state index in [1.165, 1.54) is 18.4 Å². The Balaban J connectivity index is 2.09. The minimum atomic E-state index is 0.436. The van der Waals surface area contributed by atoms with Crippen molar-refractivity contribution < 1.29 is 9.84 Å². The van der Waals surface area contributed by atoms with E-state index in [1.807, 2.05) is 0 Å². The Morgan fingerprint density at radius 3 is 2.72 bits per heavy atom. The third-order valence-corrected chi connectivity index (χ3v) is 4.33. The lowest BCUT2D eigenvalue weighted by molar-refractivity contribution is 0.397. The summed E-state index contributed by atoms with van der Waals surface area (Å²) in [4.78, 5) is 0. The monoisotopic (exact) mass is 247 g/mol. The summed E-state index contributed by atoms with van der Waals surface area (Å²) in [6.45, 7) is 2.01. The van der Waals surface area contributed by atoms with E-state index in [0.717, 1.165) is 49.2 Å². The van der Waals surface area contributed by atoms with Crippen LogP contribution in [0, 0.1) is 0 Å². The van der Waals surface area contributed by atoms with Crippen LogP contribution in [-0.2, 0) is 12.8 Å². The van der Waals surface area contributed by atoms with Gasteiger partial charge in [0.2, 0.25) is 0 Å². The first-order chi connectivity index (χ1) is 8.81. The average Bonchev–Trinajstić information content (AvgIpc) is 2.93. The molecule has 3 heteroatoms. The first-order valence-electron chi connectivity index (χ1n) is 6.93. The van der Waals surface area contributed by atoms with Gasteiger partial charge >= 0.3 is 0 Å². The van der Waals surface area contributed by atoms with Crippen LogP contribution in [0.5, 0.6) is 11.5 Å². The van der Waals surface area contributed by atoms with Crippen LogP contribution in [0.1, 0.15) is 41.9 Å². The Hall–Kier alpha value is -1.22. The van der Waals surface area contributed by atoms with Crippen molar-refractivity contribution >= 4 is 0 Å². The lowest BCUT2D eigenvalue weighted by Crippen LogP contribution is -2.11. The smallest absolute Gasteiger partial charge is 0.122 e. The normalized spacial score (nSPS) is 22.8. The molecule has 18 heavy (non-hydrogen) atoms. The number of nitrogens with one attached hydrogen (secondary N) is 1. The lowest BCUT2D eigenvalue weighted by atomic mass is 9.85. The molecule has 3 nitrogen and oxygen atoms in total. The zero-order valence-electron chi connectivity index (χ0n) is 11.0. The Morgan fingerprint density at radius 2 is 2.06 bits per heavy atom. The zero-order chi connectivity index (χ0) is 12.5. The Bertz CT molecular complexity index is 450. The number of fused-ring (bicyclic) bond motifs is 1. The van der Waals surface area contributed by atoms with Crippen LogP contribution in [0.2, 0.25) is 0 Å². The molecule has 1 unspecified atom stereocenters. The van der Waals surface area contributed by atoms with Crippen molar-refractivity contribution in [1.29, 1.82) is 0 Å². The second-order valence-corrected chi connectivity index (χ2v) is 5.37. The molecule has 1 fully saturated rings. The molecule has 1 aromatic rings. The highest BCUT2D eigenvalue weighted by molar-refractivity contribution is 5.55. The fourth-order valence-electron chi connectivity index (χ4n) is 3.32. The first kappa shape index (κ1) is 11.8. The van der Waals surface area contributed by atoms with Gasteiger partial charge in [0, 0.05) is 29.2 Å². The van der Waals surface area contributed by atoms with Gasteiger partial charge in [-0.25, -0.2) is 0 Å². The number of benzene rings is 1. The van der Waals surface area contributed by atoms with Crippen LogP contribution < -0.4 is 10.1 Å². The topological polar surface area (TPSA) is 41.5 Å². The van der Waals surface area contributed by atoms with Crippen molar-refractivity contribution in [2.75, 3.05) is 20.2 Å². The molecular formula is C15H21NO2. The molecule has 0 bridgehead atoms. The number of methoxy groups -OCH3 is 1. The van der Waals surface area contributed by atoms with Gasteiger partial charge in [-0.05, 0) is 44.7 Å². The van der Waals surface area contributed by atoms with Crippen molar-refractivity contribution in [2.45, 2.75) is 38.0 Å². The number of ether oxygens (including phenoxy) is 1. The van der Waals surface area contributed by atoms with Gasteiger partial charge in [0.25, 0.3) is 0 Å². The fourth-order valence-corrected chi connectivity index (χ4v) is 3.32. The second kappa shape index (κ2) is 4.81. The molecule has 0 spiro atoms. The van der Waals surface area contributed by atoms with Gasteiger partial charge in [-0.3, -0.25) is 0 Å². The summed E-state index contributed by atoms with van der Waals surface area (Å²) in [5.74, 6) is 1.95. The first-order valence-corrected chi connectivity index (χ1v) is 6.93. The summed E-state index contributed by atoms with van der Waals surface area (Å²) in [6.07, 6.45) is 5.51. The predicted octanol–water partition coefficient (Wildman–Crippen LogP) is 2.36. The molecule has 1 aromatic carbocycles. The van der Waals surface area contributed by atoms with Crippen molar-refractivity contribution in [3.05, 3.63) is 22.8 Å². The average molecular weight is 247 g/mol. The third-order valence-electron chi connectivity index (χ3n) is 4.33. The van der Waals surface area contributed by atoms with Gasteiger partial charge in [0.1, 0.15) is 11.5 Å². The maximum Gasteiger partial charge on any atom is 0.122 e. The highest BCUT2D eigenvalue weighted by Crippen LogP contribution is 2.42. The van der Waals surface area contributed by atoms with E-state index in [9.17, 15) is 5.11 Å². The summed E-state index contributed by atoms with van der Waals surface area (Å²) >= 11 is 0. The van der Waals surface area contributed by atoms with E-state index >= 15 is 0 Å². The summed E-state index contributed by atoms with van der Waals surface area (Å²) < 4.78 is 5.54. The molecule has 0 amide bonds. The van der Waals surface area contributed by atoms with Crippen LogP contribution in [0.25, 0.3) is 0 Å². The number of phenolic OH excluding ortho intramolecular Hbond substituents is 1. The van der Waals surface area contributed by atoms with E-state index < -0.39 is 0 Å². The number of rotatable bonds is 2. The standard InChI is InChI=1S/C15H21NO2/c1-18-14-8-13(10-6-7-16-9-10)15(17)12-5-3-2-4-11(12)14/h8,10,16-17H,2-7,9H2,1H3. The van der Waals surface area contributed by atoms with Crippen LogP contribution in [0.4, 0.5) is 0 Å². The van der Waals surface area contributed by atoms with Gasteiger partial charge in [-0.15, -0.1) is 0 Å². The molecule has 1 aliphatic heterocycles. The van der Waals surface area contributed by atoms with E-state index in [1.54, 1.807) is 7.11 Å². The Morgan fingerprint density at radius 1 is 1.28 bits per heavy atom. The number of phenols is 1. The van der Waals surface area contributed by atoms with E-state index in [2.05, 4.69) is 11.4 Å². The summed E-state index contributed by atoms with van der Waals surface area (Å²) in [7, 11) is 1.73. The third kappa shape index (κ3) is 1.87. The quantitative estimate of drug-likeness (QED) is 0.843. The molecule has 1 atom stereocenters. The fraction of sp³-hybridized carbons (Fsp3) is 0.600. The molecule has 3 rings (SSSR count). The van der Waals surface area contributed by atoms with Crippen LogP contribution in [0.15, 0.2) is 6.07 Å². The minimum Gasteiger partial charge on any atom is -0.507 e. The molecule has 1 saturated heterocycles. The van der Waals surface area contributed by atoms with Crippen molar-refractivity contribution in [1.82, 2.24) is 5.32 Å².